The van der Waals surface area contributed by atoms with E-state index < -0.39 is 12.6 Å². The number of aliphatic carboxylic acids is 1. The van der Waals surface area contributed by atoms with Crippen LogP contribution in [0.25, 0.3) is 22.6 Å². The molecular weight excluding hydrogens is 282 g/mol. The maximum Gasteiger partial charge on any atom is 0.341 e. The molecule has 0 saturated carbocycles. The van der Waals surface area contributed by atoms with E-state index >= 15 is 0 Å². The van der Waals surface area contributed by atoms with Gasteiger partial charge >= 0.3 is 5.97 Å². The largest absolute Gasteiger partial charge is 0.481 e. The Hall–Kier alpha value is -2.82. The second kappa shape index (κ2) is 5.52. The topological polar surface area (TPSA) is 72.6 Å². The van der Waals surface area contributed by atoms with Gasteiger partial charge in [-0.05, 0) is 37.1 Å². The lowest BCUT2D eigenvalue weighted by Gasteiger charge is -2.10. The number of aryl methyl sites for hydroxylation is 2. The molecule has 3 rings (SSSR count). The molecule has 0 radical (unpaired) electrons. The fourth-order valence-corrected chi connectivity index (χ4v) is 2.35. The molecule has 0 aliphatic heterocycles. The monoisotopic (exact) mass is 297 g/mol. The zero-order valence-electron chi connectivity index (χ0n) is 12.3. The maximum atomic E-state index is 10.8. The number of carbonyl (C=O) groups is 1. The van der Waals surface area contributed by atoms with Crippen LogP contribution in [0.4, 0.5) is 0 Å². The Balaban J connectivity index is 2.11. The second-order valence-corrected chi connectivity index (χ2v) is 5.07. The van der Waals surface area contributed by atoms with Crippen LogP contribution < -0.4 is 4.74 Å². The average Bonchev–Trinajstić information content (AvgIpc) is 2.91. The van der Waals surface area contributed by atoms with Crippen LogP contribution in [0.15, 0.2) is 40.8 Å². The van der Waals surface area contributed by atoms with Crippen molar-refractivity contribution >= 4 is 17.1 Å². The molecule has 2 aromatic carbocycles. The molecule has 0 fully saturated rings. The van der Waals surface area contributed by atoms with Gasteiger partial charge in [0.2, 0.25) is 5.89 Å². The van der Waals surface area contributed by atoms with Gasteiger partial charge in [-0.15, -0.1) is 0 Å². The number of aromatic nitrogens is 1. The van der Waals surface area contributed by atoms with Crippen molar-refractivity contribution in [2.45, 2.75) is 13.8 Å². The number of hydrogen-bond donors (Lipinski definition) is 1. The number of benzene rings is 2. The smallest absolute Gasteiger partial charge is 0.341 e. The summed E-state index contributed by atoms with van der Waals surface area (Å²) in [7, 11) is 0. The maximum absolute atomic E-state index is 10.8. The van der Waals surface area contributed by atoms with E-state index in [1.807, 2.05) is 50.2 Å². The molecule has 112 valence electrons. The van der Waals surface area contributed by atoms with Gasteiger partial charge in [-0.1, -0.05) is 24.3 Å². The summed E-state index contributed by atoms with van der Waals surface area (Å²) in [5.41, 5.74) is 3.99. The number of nitrogens with zero attached hydrogens (tertiary/aromatic N) is 1. The van der Waals surface area contributed by atoms with E-state index in [0.29, 0.717) is 22.8 Å². The average molecular weight is 297 g/mol. The van der Waals surface area contributed by atoms with Crippen molar-refractivity contribution in [1.82, 2.24) is 4.98 Å². The summed E-state index contributed by atoms with van der Waals surface area (Å²) in [6.45, 7) is 3.42. The van der Waals surface area contributed by atoms with Crippen LogP contribution in [0.1, 0.15) is 11.1 Å². The molecule has 0 bridgehead atoms. The Bertz CT molecular complexity index is 851. The SMILES string of the molecule is Cc1cccc(-c2nc3c(C)cccc3o2)c1OCC(=O)O. The van der Waals surface area contributed by atoms with Crippen molar-refractivity contribution in [2.75, 3.05) is 6.61 Å². The van der Waals surface area contributed by atoms with E-state index in [9.17, 15) is 4.79 Å². The minimum absolute atomic E-state index is 0.406. The van der Waals surface area contributed by atoms with Crippen LogP contribution in [0.2, 0.25) is 0 Å². The Morgan fingerprint density at radius 3 is 2.64 bits per heavy atom. The fraction of sp³-hybridized carbons (Fsp3) is 0.176. The van der Waals surface area contributed by atoms with E-state index in [1.165, 1.54) is 0 Å². The predicted octanol–water partition coefficient (Wildman–Crippen LogP) is 3.58. The Kier molecular flexibility index (Phi) is 3.55. The first-order chi connectivity index (χ1) is 10.6. The zero-order valence-corrected chi connectivity index (χ0v) is 12.3. The highest BCUT2D eigenvalue weighted by Gasteiger charge is 2.16. The highest BCUT2D eigenvalue weighted by atomic mass is 16.5. The third-order valence-corrected chi connectivity index (χ3v) is 3.40. The van der Waals surface area contributed by atoms with Gasteiger partial charge in [0.25, 0.3) is 0 Å². The van der Waals surface area contributed by atoms with Gasteiger partial charge in [0.05, 0.1) is 5.56 Å². The van der Waals surface area contributed by atoms with E-state index in [1.54, 1.807) is 0 Å². The Labute approximate surface area is 127 Å². The molecule has 0 spiro atoms. The number of carboxylic acids is 1. The van der Waals surface area contributed by atoms with Crippen molar-refractivity contribution in [2.24, 2.45) is 0 Å². The summed E-state index contributed by atoms with van der Waals surface area (Å²) in [6.07, 6.45) is 0. The first-order valence-electron chi connectivity index (χ1n) is 6.87. The van der Waals surface area contributed by atoms with Crippen LogP contribution >= 0.6 is 0 Å². The Morgan fingerprint density at radius 1 is 1.18 bits per heavy atom. The van der Waals surface area contributed by atoms with Crippen LogP contribution in [-0.4, -0.2) is 22.7 Å². The third kappa shape index (κ3) is 2.53. The molecule has 3 aromatic rings. The van der Waals surface area contributed by atoms with E-state index in [-0.39, 0.29) is 0 Å². The summed E-state index contributed by atoms with van der Waals surface area (Å²) < 4.78 is 11.2. The first kappa shape index (κ1) is 14.1. The number of para-hydroxylation sites is 2. The summed E-state index contributed by atoms with van der Waals surface area (Å²) >= 11 is 0. The minimum atomic E-state index is -1.03. The van der Waals surface area contributed by atoms with Gasteiger partial charge in [0.15, 0.2) is 12.2 Å². The quantitative estimate of drug-likeness (QED) is 0.797. The zero-order chi connectivity index (χ0) is 15.7. The summed E-state index contributed by atoms with van der Waals surface area (Å²) in [5, 5.41) is 8.81. The molecule has 0 atom stereocenters. The second-order valence-electron chi connectivity index (χ2n) is 5.07. The number of hydrogen-bond acceptors (Lipinski definition) is 4. The lowest BCUT2D eigenvalue weighted by atomic mass is 10.1. The van der Waals surface area contributed by atoms with Crippen molar-refractivity contribution < 1.29 is 19.1 Å². The first-order valence-corrected chi connectivity index (χ1v) is 6.87. The summed E-state index contributed by atoms with van der Waals surface area (Å²) in [6, 6.07) is 11.3. The molecule has 1 aromatic heterocycles. The van der Waals surface area contributed by atoms with E-state index in [0.717, 1.165) is 16.6 Å². The van der Waals surface area contributed by atoms with Gasteiger partial charge in [0, 0.05) is 0 Å². The van der Waals surface area contributed by atoms with Crippen LogP contribution in [0.5, 0.6) is 5.75 Å². The van der Waals surface area contributed by atoms with Crippen molar-refractivity contribution in [3.63, 3.8) is 0 Å². The number of fused-ring (bicyclic) bond motifs is 1. The third-order valence-electron chi connectivity index (χ3n) is 3.40. The van der Waals surface area contributed by atoms with Gasteiger partial charge in [-0.3, -0.25) is 0 Å². The van der Waals surface area contributed by atoms with Crippen molar-refractivity contribution in [3.8, 4) is 17.2 Å². The molecule has 0 aliphatic rings. The molecule has 22 heavy (non-hydrogen) atoms. The van der Waals surface area contributed by atoms with Crippen molar-refractivity contribution in [3.05, 3.63) is 47.5 Å². The molecule has 0 aliphatic carbocycles. The molecule has 1 heterocycles. The number of carboxylic acid groups (broad SMARTS) is 1. The molecule has 1 N–H and O–H groups in total. The molecule has 0 saturated heterocycles. The van der Waals surface area contributed by atoms with Crippen LogP contribution in [-0.2, 0) is 4.79 Å². The highest BCUT2D eigenvalue weighted by Crippen LogP contribution is 2.34. The molecule has 0 amide bonds. The molecule has 0 unspecified atom stereocenters. The van der Waals surface area contributed by atoms with E-state index in [2.05, 4.69) is 4.98 Å². The van der Waals surface area contributed by atoms with Crippen LogP contribution in [0, 0.1) is 13.8 Å². The van der Waals surface area contributed by atoms with Crippen LogP contribution in [0.3, 0.4) is 0 Å². The van der Waals surface area contributed by atoms with Crippen molar-refractivity contribution in [1.29, 1.82) is 0 Å². The van der Waals surface area contributed by atoms with Gasteiger partial charge in [-0.2, -0.15) is 0 Å². The van der Waals surface area contributed by atoms with Gasteiger partial charge < -0.3 is 14.3 Å². The number of ether oxygens (including phenoxy) is 1. The standard InChI is InChI=1S/C17H15NO4/c1-10-5-4-8-13-15(10)18-17(22-13)12-7-3-6-11(2)16(12)21-9-14(19)20/h3-8H,9H2,1-2H3,(H,19,20). The highest BCUT2D eigenvalue weighted by molar-refractivity contribution is 5.80. The lowest BCUT2D eigenvalue weighted by Crippen LogP contribution is -2.10. The normalized spacial score (nSPS) is 10.8. The van der Waals surface area contributed by atoms with Gasteiger partial charge in [-0.25, -0.2) is 9.78 Å². The Morgan fingerprint density at radius 2 is 1.91 bits per heavy atom. The number of rotatable bonds is 4. The fourth-order valence-electron chi connectivity index (χ4n) is 2.35. The lowest BCUT2D eigenvalue weighted by molar-refractivity contribution is -0.139. The number of oxazole rings is 1. The minimum Gasteiger partial charge on any atom is -0.481 e. The summed E-state index contributed by atoms with van der Waals surface area (Å²) in [5.74, 6) is -0.120. The molecule has 5 nitrogen and oxygen atoms in total. The molecule has 5 heteroatoms. The molecular formula is C17H15NO4. The summed E-state index contributed by atoms with van der Waals surface area (Å²) in [4.78, 5) is 15.3. The van der Waals surface area contributed by atoms with Gasteiger partial charge in [0.1, 0.15) is 11.3 Å². The predicted molar refractivity (Wildman–Crippen MR) is 82.0 cm³/mol. The van der Waals surface area contributed by atoms with E-state index in [4.69, 9.17) is 14.3 Å².